The zero-order chi connectivity index (χ0) is 34.5. The summed E-state index contributed by atoms with van der Waals surface area (Å²) in [5.74, 6) is -63.1. The van der Waals surface area contributed by atoms with Gasteiger partial charge in [0.1, 0.15) is 6.10 Å². The third kappa shape index (κ3) is 5.75. The van der Waals surface area contributed by atoms with Crippen LogP contribution in [-0.4, -0.2) is 84.9 Å². The molecule has 0 aliphatic carbocycles. The van der Waals surface area contributed by atoms with Crippen LogP contribution in [0.5, 0.6) is 0 Å². The zero-order valence-corrected chi connectivity index (χ0v) is 21.0. The molecule has 2 atom stereocenters. The van der Waals surface area contributed by atoms with Crippen molar-refractivity contribution in [1.82, 2.24) is 0 Å². The van der Waals surface area contributed by atoms with Crippen molar-refractivity contribution in [3.8, 4) is 0 Å². The lowest BCUT2D eigenvalue weighted by Gasteiger charge is -2.43. The van der Waals surface area contributed by atoms with Gasteiger partial charge < -0.3 is 14.2 Å². The van der Waals surface area contributed by atoms with Crippen LogP contribution in [0.2, 0.25) is 0 Å². The second-order valence-corrected chi connectivity index (χ2v) is 8.87. The van der Waals surface area contributed by atoms with Gasteiger partial charge in [0.15, 0.2) is 5.41 Å². The number of halogens is 17. The van der Waals surface area contributed by atoms with Crippen molar-refractivity contribution >= 4 is 17.9 Å². The van der Waals surface area contributed by atoms with Crippen LogP contribution in [-0.2, 0) is 28.6 Å². The highest BCUT2D eigenvalue weighted by molar-refractivity contribution is 6.04. The van der Waals surface area contributed by atoms with E-state index in [9.17, 15) is 89.0 Å². The first-order valence-electron chi connectivity index (χ1n) is 11.1. The summed E-state index contributed by atoms with van der Waals surface area (Å²) in [6.07, 6.45) is -17.0. The first kappa shape index (κ1) is 38.2. The lowest BCUT2D eigenvalue weighted by atomic mass is 9.80. The Bertz CT molecular complexity index is 1070. The predicted molar refractivity (Wildman–Crippen MR) is 100 cm³/mol. The SMILES string of the molecule is CCOC(=O)C[C@@]1(C(=O)OCC)C[C@H](CC(F)(F)C(F)(F)C(F)(F)C(F)(F)C(F)(F)C(F)(F)C(F)(F)C(F)(F)F)OC1=O. The predicted octanol–water partition coefficient (Wildman–Crippen LogP) is 6.20. The van der Waals surface area contributed by atoms with Gasteiger partial charge in [-0.3, -0.25) is 14.4 Å². The Labute approximate surface area is 227 Å². The summed E-state index contributed by atoms with van der Waals surface area (Å²) in [5.41, 5.74) is -3.00. The van der Waals surface area contributed by atoms with E-state index in [1.54, 1.807) is 0 Å². The lowest BCUT2D eigenvalue weighted by Crippen LogP contribution is -2.74. The van der Waals surface area contributed by atoms with E-state index in [1.165, 1.54) is 6.92 Å². The molecule has 1 aliphatic rings. The number of alkyl halides is 17. The van der Waals surface area contributed by atoms with Crippen LogP contribution in [0.3, 0.4) is 0 Å². The normalized spacial score (nSPS) is 21.5. The van der Waals surface area contributed by atoms with E-state index >= 15 is 0 Å². The molecule has 1 heterocycles. The molecule has 0 N–H and O–H groups in total. The number of rotatable bonds is 13. The first-order valence-corrected chi connectivity index (χ1v) is 11.1. The summed E-state index contributed by atoms with van der Waals surface area (Å²) in [6, 6.07) is 0. The van der Waals surface area contributed by atoms with E-state index in [2.05, 4.69) is 14.2 Å². The number of ether oxygens (including phenoxy) is 3. The smallest absolute Gasteiger partial charge is 0.460 e. The van der Waals surface area contributed by atoms with Crippen LogP contribution in [0.15, 0.2) is 0 Å². The maximum absolute atomic E-state index is 14.4. The molecule has 0 spiro atoms. The lowest BCUT2D eigenvalue weighted by molar-refractivity contribution is -0.462. The van der Waals surface area contributed by atoms with E-state index in [0.29, 0.717) is 0 Å². The molecule has 0 saturated carbocycles. The fourth-order valence-corrected chi connectivity index (χ4v) is 3.61. The zero-order valence-electron chi connectivity index (χ0n) is 21.0. The van der Waals surface area contributed by atoms with Crippen molar-refractivity contribution in [2.45, 2.75) is 86.8 Å². The summed E-state index contributed by atoms with van der Waals surface area (Å²) in [7, 11) is 0. The van der Waals surface area contributed by atoms with E-state index in [4.69, 9.17) is 0 Å². The quantitative estimate of drug-likeness (QED) is 0.100. The van der Waals surface area contributed by atoms with E-state index in [-0.39, 0.29) is 0 Å². The van der Waals surface area contributed by atoms with Gasteiger partial charge in [0, 0.05) is 6.42 Å². The fraction of sp³-hybridized carbons (Fsp3) is 0.850. The van der Waals surface area contributed by atoms with Gasteiger partial charge in [0.25, 0.3) is 0 Å². The minimum Gasteiger partial charge on any atom is -0.466 e. The van der Waals surface area contributed by atoms with Crippen LogP contribution in [0.4, 0.5) is 74.6 Å². The molecule has 6 nitrogen and oxygen atoms in total. The van der Waals surface area contributed by atoms with Gasteiger partial charge in [-0.25, -0.2) is 0 Å². The highest BCUT2D eigenvalue weighted by Crippen LogP contribution is 2.64. The van der Waals surface area contributed by atoms with Crippen LogP contribution in [0.25, 0.3) is 0 Å². The first-order chi connectivity index (χ1) is 18.9. The summed E-state index contributed by atoms with van der Waals surface area (Å²) in [4.78, 5) is 36.4. The summed E-state index contributed by atoms with van der Waals surface area (Å²) < 4.78 is 242. The Morgan fingerprint density at radius 3 is 1.49 bits per heavy atom. The molecule has 1 saturated heterocycles. The molecule has 43 heavy (non-hydrogen) atoms. The van der Waals surface area contributed by atoms with Gasteiger partial charge >= 0.3 is 65.5 Å². The van der Waals surface area contributed by atoms with Gasteiger partial charge in [-0.05, 0) is 13.8 Å². The fourth-order valence-electron chi connectivity index (χ4n) is 3.61. The summed E-state index contributed by atoms with van der Waals surface area (Å²) >= 11 is 0. The Hall–Kier alpha value is -2.78. The average molecular weight is 676 g/mol. The van der Waals surface area contributed by atoms with Crippen LogP contribution >= 0.6 is 0 Å². The minimum atomic E-state index is -8.79. The van der Waals surface area contributed by atoms with Gasteiger partial charge in [0.05, 0.1) is 26.1 Å². The van der Waals surface area contributed by atoms with Crippen LogP contribution in [0, 0.1) is 5.41 Å². The number of hydrogen-bond donors (Lipinski definition) is 0. The van der Waals surface area contributed by atoms with Crippen molar-refractivity contribution in [2.75, 3.05) is 13.2 Å². The molecule has 0 amide bonds. The molecule has 1 fully saturated rings. The van der Waals surface area contributed by atoms with Crippen molar-refractivity contribution in [1.29, 1.82) is 0 Å². The molecule has 0 aromatic rings. The highest BCUT2D eigenvalue weighted by atomic mass is 19.4. The molecular weight excluding hydrogens is 659 g/mol. The van der Waals surface area contributed by atoms with Crippen LogP contribution in [0.1, 0.15) is 33.1 Å². The Balaban J connectivity index is 3.54. The van der Waals surface area contributed by atoms with Crippen molar-refractivity contribution in [3.05, 3.63) is 0 Å². The molecule has 23 heteroatoms. The van der Waals surface area contributed by atoms with Crippen LogP contribution < -0.4 is 0 Å². The van der Waals surface area contributed by atoms with Gasteiger partial charge in [-0.15, -0.1) is 0 Å². The Morgan fingerprint density at radius 2 is 1.09 bits per heavy atom. The Morgan fingerprint density at radius 1 is 0.698 bits per heavy atom. The summed E-state index contributed by atoms with van der Waals surface area (Å²) in [6.45, 7) is 1.26. The molecule has 0 aromatic carbocycles. The second kappa shape index (κ2) is 11.3. The summed E-state index contributed by atoms with van der Waals surface area (Å²) in [5, 5.41) is 0. The van der Waals surface area contributed by atoms with Crippen molar-refractivity contribution < 1.29 is 103 Å². The van der Waals surface area contributed by atoms with Gasteiger partial charge in [0.2, 0.25) is 0 Å². The van der Waals surface area contributed by atoms with Gasteiger partial charge in [-0.1, -0.05) is 0 Å². The molecule has 1 rings (SSSR count). The topological polar surface area (TPSA) is 78.9 Å². The highest BCUT2D eigenvalue weighted by Gasteiger charge is 2.95. The molecule has 1 aliphatic heterocycles. The molecule has 0 radical (unpaired) electrons. The molecule has 0 aromatic heterocycles. The number of carbonyl (C=O) groups excluding carboxylic acids is 3. The van der Waals surface area contributed by atoms with E-state index in [1.807, 2.05) is 0 Å². The van der Waals surface area contributed by atoms with E-state index < -0.39 is 110 Å². The standard InChI is InChI=1S/C20H17F17O6/c1-3-41-9(38)7-12(10(39)42-4-2)5-8(43-11(12)40)6-13(21,22)14(23,24)15(25,26)16(27,28)17(29,30)18(31,32)19(33,34)20(35,36)37/h8H,3-7H2,1-2H3/t8-,12-/m1/s1. The molecular formula is C20H17F17O6. The number of hydrogen-bond acceptors (Lipinski definition) is 6. The third-order valence-corrected chi connectivity index (χ3v) is 5.93. The molecule has 0 unspecified atom stereocenters. The number of esters is 3. The maximum atomic E-state index is 14.4. The average Bonchev–Trinajstić information content (AvgIpc) is 3.12. The third-order valence-electron chi connectivity index (χ3n) is 5.93. The number of carbonyl (C=O) groups is 3. The Kier molecular flexibility index (Phi) is 10.0. The monoisotopic (exact) mass is 676 g/mol. The molecule has 252 valence electrons. The second-order valence-electron chi connectivity index (χ2n) is 8.87. The number of cyclic esters (lactones) is 1. The minimum absolute atomic E-state index is 0.428. The maximum Gasteiger partial charge on any atom is 0.460 e. The van der Waals surface area contributed by atoms with Crippen molar-refractivity contribution in [2.24, 2.45) is 5.41 Å². The van der Waals surface area contributed by atoms with Gasteiger partial charge in [-0.2, -0.15) is 74.6 Å². The molecule has 0 bridgehead atoms. The van der Waals surface area contributed by atoms with Crippen molar-refractivity contribution in [3.63, 3.8) is 0 Å². The van der Waals surface area contributed by atoms with E-state index in [0.717, 1.165) is 6.92 Å². The largest absolute Gasteiger partial charge is 0.466 e.